The number of nitrogens with one attached hydrogen (secondary N) is 1. The first-order valence-corrected chi connectivity index (χ1v) is 8.88. The lowest BCUT2D eigenvalue weighted by Crippen LogP contribution is -2.17. The maximum Gasteiger partial charge on any atom is 0.342 e. The Morgan fingerprint density at radius 3 is 2.48 bits per heavy atom. The van der Waals surface area contributed by atoms with Crippen LogP contribution in [-0.4, -0.2) is 29.0 Å². The van der Waals surface area contributed by atoms with Crippen molar-refractivity contribution in [3.05, 3.63) is 52.2 Å². The van der Waals surface area contributed by atoms with E-state index in [9.17, 15) is 14.9 Å². The van der Waals surface area contributed by atoms with E-state index < -0.39 is 10.9 Å². The molecule has 0 fully saturated rings. The maximum absolute atomic E-state index is 12.3. The van der Waals surface area contributed by atoms with Crippen LogP contribution < -0.4 is 5.32 Å². The molecule has 0 aliphatic carbocycles. The fourth-order valence-corrected chi connectivity index (χ4v) is 2.59. The summed E-state index contributed by atoms with van der Waals surface area (Å²) < 4.78 is 5.05. The van der Waals surface area contributed by atoms with Crippen LogP contribution in [0.3, 0.4) is 0 Å². The minimum atomic E-state index is -0.633. The fourth-order valence-electron chi connectivity index (χ4n) is 2.59. The third-order valence-electron chi connectivity index (χ3n) is 3.96. The zero-order chi connectivity index (χ0) is 20.0. The van der Waals surface area contributed by atoms with Crippen molar-refractivity contribution in [1.29, 1.82) is 0 Å². The number of pyridine rings is 1. The minimum Gasteiger partial charge on any atom is -0.462 e. The lowest BCUT2D eigenvalue weighted by Gasteiger charge is -2.19. The predicted octanol–water partition coefficient (Wildman–Crippen LogP) is 4.68. The van der Waals surface area contributed by atoms with Crippen LogP contribution in [0.1, 0.15) is 44.5 Å². The standard InChI is InChI=1S/C20H25N3O4/c1-5-27-19(24)15-13-22-16(14-9-7-6-8-10-14)18(23(25)26)17(15)21-12-11-20(2,3)4/h6-10,13H,5,11-12H2,1-4H3,(H,21,22). The quantitative estimate of drug-likeness (QED) is 0.431. The van der Waals surface area contributed by atoms with E-state index in [1.165, 1.54) is 6.20 Å². The molecule has 0 atom stereocenters. The molecule has 1 N–H and O–H groups in total. The van der Waals surface area contributed by atoms with Crippen LogP contribution in [-0.2, 0) is 4.74 Å². The van der Waals surface area contributed by atoms with Crippen molar-refractivity contribution in [2.24, 2.45) is 5.41 Å². The Labute approximate surface area is 158 Å². The second-order valence-corrected chi connectivity index (χ2v) is 7.33. The molecule has 0 aliphatic heterocycles. The molecular formula is C20H25N3O4. The minimum absolute atomic E-state index is 0.0428. The summed E-state index contributed by atoms with van der Waals surface area (Å²) in [6, 6.07) is 8.89. The number of aromatic nitrogens is 1. The number of rotatable bonds is 7. The van der Waals surface area contributed by atoms with E-state index in [-0.39, 0.29) is 34.7 Å². The lowest BCUT2D eigenvalue weighted by molar-refractivity contribution is -0.383. The molecule has 1 heterocycles. The molecule has 0 aliphatic rings. The predicted molar refractivity (Wildman–Crippen MR) is 105 cm³/mol. The van der Waals surface area contributed by atoms with Crippen molar-refractivity contribution >= 4 is 17.3 Å². The Bertz CT molecular complexity index is 814. The lowest BCUT2D eigenvalue weighted by atomic mass is 9.92. The Morgan fingerprint density at radius 2 is 1.93 bits per heavy atom. The molecule has 0 saturated carbocycles. The molecule has 1 aromatic heterocycles. The van der Waals surface area contributed by atoms with Crippen LogP contribution in [0.25, 0.3) is 11.3 Å². The molecule has 0 saturated heterocycles. The first kappa shape index (κ1) is 20.4. The van der Waals surface area contributed by atoms with Crippen molar-refractivity contribution in [2.45, 2.75) is 34.1 Å². The van der Waals surface area contributed by atoms with Crippen molar-refractivity contribution in [1.82, 2.24) is 4.98 Å². The van der Waals surface area contributed by atoms with Gasteiger partial charge >= 0.3 is 11.7 Å². The van der Waals surface area contributed by atoms with Gasteiger partial charge in [-0.25, -0.2) is 9.78 Å². The van der Waals surface area contributed by atoms with Crippen LogP contribution in [0.5, 0.6) is 0 Å². The number of ether oxygens (including phenoxy) is 1. The fraction of sp³-hybridized carbons (Fsp3) is 0.400. The van der Waals surface area contributed by atoms with Gasteiger partial charge < -0.3 is 10.1 Å². The van der Waals surface area contributed by atoms with Crippen LogP contribution in [0.15, 0.2) is 36.5 Å². The highest BCUT2D eigenvalue weighted by Crippen LogP contribution is 2.37. The molecule has 1 aromatic carbocycles. The molecular weight excluding hydrogens is 346 g/mol. The molecule has 2 rings (SSSR count). The Kier molecular flexibility index (Phi) is 6.50. The summed E-state index contributed by atoms with van der Waals surface area (Å²) in [5.41, 5.74) is 0.862. The van der Waals surface area contributed by atoms with E-state index in [4.69, 9.17) is 4.74 Å². The van der Waals surface area contributed by atoms with Crippen LogP contribution >= 0.6 is 0 Å². The summed E-state index contributed by atoms with van der Waals surface area (Å²) >= 11 is 0. The van der Waals surface area contributed by atoms with Gasteiger partial charge in [-0.1, -0.05) is 51.1 Å². The summed E-state index contributed by atoms with van der Waals surface area (Å²) in [7, 11) is 0. The van der Waals surface area contributed by atoms with E-state index in [1.54, 1.807) is 31.2 Å². The van der Waals surface area contributed by atoms with Gasteiger partial charge in [-0.05, 0) is 18.8 Å². The Morgan fingerprint density at radius 1 is 1.26 bits per heavy atom. The highest BCUT2D eigenvalue weighted by molar-refractivity contribution is 5.99. The number of esters is 1. The highest BCUT2D eigenvalue weighted by atomic mass is 16.6. The van der Waals surface area contributed by atoms with Gasteiger partial charge in [-0.2, -0.15) is 0 Å². The summed E-state index contributed by atoms with van der Waals surface area (Å²) in [5, 5.41) is 15.0. The molecule has 144 valence electrons. The van der Waals surface area contributed by atoms with Crippen LogP contribution in [0.2, 0.25) is 0 Å². The maximum atomic E-state index is 12.3. The number of nitrogens with zero attached hydrogens (tertiary/aromatic N) is 2. The van der Waals surface area contributed by atoms with E-state index >= 15 is 0 Å². The van der Waals surface area contributed by atoms with Gasteiger partial charge in [0, 0.05) is 18.3 Å². The van der Waals surface area contributed by atoms with Crippen LogP contribution in [0, 0.1) is 15.5 Å². The summed E-state index contributed by atoms with van der Waals surface area (Å²) in [6.07, 6.45) is 2.11. The molecule has 27 heavy (non-hydrogen) atoms. The first-order chi connectivity index (χ1) is 12.7. The smallest absolute Gasteiger partial charge is 0.342 e. The SMILES string of the molecule is CCOC(=O)c1cnc(-c2ccccc2)c([N+](=O)[O-])c1NCCC(C)(C)C. The van der Waals surface area contributed by atoms with E-state index in [0.717, 1.165) is 6.42 Å². The third kappa shape index (κ3) is 5.26. The number of nitro groups is 1. The summed E-state index contributed by atoms with van der Waals surface area (Å²) in [5.74, 6) is -0.633. The molecule has 7 nitrogen and oxygen atoms in total. The van der Waals surface area contributed by atoms with Gasteiger partial charge in [-0.3, -0.25) is 10.1 Å². The molecule has 0 amide bonds. The van der Waals surface area contributed by atoms with Gasteiger partial charge in [0.05, 0.1) is 11.5 Å². The molecule has 7 heteroatoms. The normalized spacial score (nSPS) is 11.1. The molecule has 0 spiro atoms. The number of carbonyl (C=O) groups is 1. The van der Waals surface area contributed by atoms with Crippen molar-refractivity contribution < 1.29 is 14.5 Å². The van der Waals surface area contributed by atoms with E-state index in [2.05, 4.69) is 31.1 Å². The highest BCUT2D eigenvalue weighted by Gasteiger charge is 2.29. The number of benzene rings is 1. The van der Waals surface area contributed by atoms with Gasteiger partial charge in [0.15, 0.2) is 0 Å². The number of hydrogen-bond acceptors (Lipinski definition) is 6. The number of hydrogen-bond donors (Lipinski definition) is 1. The largest absolute Gasteiger partial charge is 0.462 e. The number of anilines is 1. The summed E-state index contributed by atoms with van der Waals surface area (Å²) in [6.45, 7) is 8.58. The first-order valence-electron chi connectivity index (χ1n) is 8.88. The zero-order valence-corrected chi connectivity index (χ0v) is 16.1. The molecule has 0 bridgehead atoms. The zero-order valence-electron chi connectivity index (χ0n) is 16.1. The van der Waals surface area contributed by atoms with E-state index in [1.807, 2.05) is 6.07 Å². The van der Waals surface area contributed by atoms with Crippen molar-refractivity contribution in [2.75, 3.05) is 18.5 Å². The van der Waals surface area contributed by atoms with E-state index in [0.29, 0.717) is 12.1 Å². The number of carbonyl (C=O) groups excluding carboxylic acids is 1. The molecule has 2 aromatic rings. The second kappa shape index (κ2) is 8.62. The average Bonchev–Trinajstić information content (AvgIpc) is 2.60. The topological polar surface area (TPSA) is 94.4 Å². The Hall–Kier alpha value is -2.96. The van der Waals surface area contributed by atoms with Gasteiger partial charge in [0.2, 0.25) is 0 Å². The molecule has 0 unspecified atom stereocenters. The summed E-state index contributed by atoms with van der Waals surface area (Å²) in [4.78, 5) is 27.9. The van der Waals surface area contributed by atoms with Crippen molar-refractivity contribution in [3.63, 3.8) is 0 Å². The monoisotopic (exact) mass is 371 g/mol. The Balaban J connectivity index is 2.57. The molecule has 0 radical (unpaired) electrons. The van der Waals surface area contributed by atoms with Crippen LogP contribution in [0.4, 0.5) is 11.4 Å². The van der Waals surface area contributed by atoms with Gasteiger partial charge in [-0.15, -0.1) is 0 Å². The van der Waals surface area contributed by atoms with Crippen molar-refractivity contribution in [3.8, 4) is 11.3 Å². The second-order valence-electron chi connectivity index (χ2n) is 7.33. The van der Waals surface area contributed by atoms with Gasteiger partial charge in [0.1, 0.15) is 16.9 Å². The average molecular weight is 371 g/mol. The van der Waals surface area contributed by atoms with Gasteiger partial charge in [0.25, 0.3) is 0 Å². The third-order valence-corrected chi connectivity index (χ3v) is 3.96.